The van der Waals surface area contributed by atoms with E-state index < -0.39 is 0 Å². The van der Waals surface area contributed by atoms with Crippen molar-refractivity contribution in [3.63, 3.8) is 0 Å². The van der Waals surface area contributed by atoms with Gasteiger partial charge in [0, 0.05) is 56.5 Å². The van der Waals surface area contributed by atoms with E-state index in [0.717, 1.165) is 61.6 Å². The fraction of sp³-hybridized carbons (Fsp3) is 0.375. The van der Waals surface area contributed by atoms with Crippen LogP contribution in [-0.2, 0) is 6.54 Å². The number of ether oxygens (including phenoxy) is 1. The van der Waals surface area contributed by atoms with Crippen LogP contribution >= 0.6 is 11.6 Å². The molecule has 164 valence electrons. The number of aliphatic imine (C=N–C) groups is 1. The van der Waals surface area contributed by atoms with Crippen LogP contribution in [0.5, 0.6) is 5.75 Å². The average molecular weight is 440 g/mol. The second-order valence-electron chi connectivity index (χ2n) is 7.86. The zero-order valence-corrected chi connectivity index (χ0v) is 18.9. The van der Waals surface area contributed by atoms with Gasteiger partial charge in [-0.1, -0.05) is 35.9 Å². The summed E-state index contributed by atoms with van der Waals surface area (Å²) in [7, 11) is 3.51. The number of halogens is 1. The molecule has 2 aliphatic rings. The van der Waals surface area contributed by atoms with Crippen molar-refractivity contribution in [1.82, 2.24) is 10.6 Å². The molecule has 1 atom stereocenters. The zero-order valence-electron chi connectivity index (χ0n) is 18.1. The van der Waals surface area contributed by atoms with Gasteiger partial charge in [0.15, 0.2) is 5.96 Å². The zero-order chi connectivity index (χ0) is 21.6. The van der Waals surface area contributed by atoms with Crippen LogP contribution in [0.1, 0.15) is 12.0 Å². The molecule has 0 spiro atoms. The Hall–Kier alpha value is -2.86. The molecule has 2 aliphatic heterocycles. The van der Waals surface area contributed by atoms with Gasteiger partial charge in [0.05, 0.1) is 12.8 Å². The molecule has 7 heteroatoms. The molecule has 0 saturated carbocycles. The molecule has 2 aromatic rings. The van der Waals surface area contributed by atoms with Crippen LogP contribution < -0.4 is 25.2 Å². The van der Waals surface area contributed by atoms with E-state index in [1.165, 1.54) is 11.3 Å². The van der Waals surface area contributed by atoms with Crippen LogP contribution in [0, 0.1) is 0 Å². The molecular formula is C24H30ClN5O. The average Bonchev–Trinajstić information content (AvgIpc) is 3.49. The molecule has 1 saturated heterocycles. The van der Waals surface area contributed by atoms with E-state index in [9.17, 15) is 0 Å². The Bertz CT molecular complexity index is 953. The summed E-state index contributed by atoms with van der Waals surface area (Å²) in [6.07, 6.45) is 5.44. The predicted molar refractivity (Wildman–Crippen MR) is 130 cm³/mol. The lowest BCUT2D eigenvalue weighted by Gasteiger charge is -2.22. The van der Waals surface area contributed by atoms with Crippen molar-refractivity contribution in [2.24, 2.45) is 4.99 Å². The number of guanidine groups is 1. The first-order valence-corrected chi connectivity index (χ1v) is 11.1. The number of anilines is 2. The van der Waals surface area contributed by atoms with Crippen LogP contribution in [-0.4, -0.2) is 52.3 Å². The summed E-state index contributed by atoms with van der Waals surface area (Å²) >= 11 is 6.21. The fourth-order valence-corrected chi connectivity index (χ4v) is 4.30. The highest BCUT2D eigenvalue weighted by atomic mass is 35.5. The Morgan fingerprint density at radius 2 is 2.00 bits per heavy atom. The van der Waals surface area contributed by atoms with E-state index in [1.807, 2.05) is 25.2 Å². The summed E-state index contributed by atoms with van der Waals surface area (Å²) in [5, 5.41) is 7.74. The summed E-state index contributed by atoms with van der Waals surface area (Å²) in [6.45, 7) is 4.50. The molecular weight excluding hydrogens is 410 g/mol. The van der Waals surface area contributed by atoms with E-state index in [0.29, 0.717) is 6.04 Å². The number of nitrogens with one attached hydrogen (secondary N) is 2. The molecule has 2 heterocycles. The van der Waals surface area contributed by atoms with Gasteiger partial charge >= 0.3 is 0 Å². The molecule has 2 aromatic carbocycles. The van der Waals surface area contributed by atoms with Gasteiger partial charge in [-0.15, -0.1) is 0 Å². The van der Waals surface area contributed by atoms with Crippen molar-refractivity contribution in [1.29, 1.82) is 0 Å². The Kier molecular flexibility index (Phi) is 6.87. The van der Waals surface area contributed by atoms with Crippen molar-refractivity contribution < 1.29 is 4.74 Å². The molecule has 6 nitrogen and oxygen atoms in total. The summed E-state index contributed by atoms with van der Waals surface area (Å²) < 4.78 is 5.52. The summed E-state index contributed by atoms with van der Waals surface area (Å²) in [4.78, 5) is 9.09. The second kappa shape index (κ2) is 9.96. The van der Waals surface area contributed by atoms with Gasteiger partial charge < -0.3 is 25.2 Å². The highest BCUT2D eigenvalue weighted by Gasteiger charge is 2.25. The minimum Gasteiger partial charge on any atom is -0.495 e. The smallest absolute Gasteiger partial charge is 0.191 e. The summed E-state index contributed by atoms with van der Waals surface area (Å²) in [5.74, 6) is 1.67. The first kappa shape index (κ1) is 21.4. The van der Waals surface area contributed by atoms with Gasteiger partial charge in [0.1, 0.15) is 5.75 Å². The number of hydrogen-bond acceptors (Lipinski definition) is 4. The van der Waals surface area contributed by atoms with Gasteiger partial charge in [-0.2, -0.15) is 0 Å². The highest BCUT2D eigenvalue weighted by molar-refractivity contribution is 6.30. The third-order valence-electron chi connectivity index (χ3n) is 5.79. The van der Waals surface area contributed by atoms with Gasteiger partial charge in [0.2, 0.25) is 0 Å². The maximum Gasteiger partial charge on any atom is 0.191 e. The Morgan fingerprint density at radius 1 is 1.16 bits per heavy atom. The third-order valence-corrected chi connectivity index (χ3v) is 6.02. The lowest BCUT2D eigenvalue weighted by Crippen LogP contribution is -2.44. The van der Waals surface area contributed by atoms with Gasteiger partial charge in [0.25, 0.3) is 0 Å². The Balaban J connectivity index is 1.32. The van der Waals surface area contributed by atoms with Crippen LogP contribution in [0.25, 0.3) is 0 Å². The van der Waals surface area contributed by atoms with Crippen molar-refractivity contribution in [3.8, 4) is 5.75 Å². The molecule has 0 bridgehead atoms. The van der Waals surface area contributed by atoms with Crippen molar-refractivity contribution in [2.45, 2.75) is 19.0 Å². The maximum absolute atomic E-state index is 6.21. The molecule has 1 unspecified atom stereocenters. The van der Waals surface area contributed by atoms with Gasteiger partial charge in [-0.25, -0.2) is 0 Å². The molecule has 0 aliphatic carbocycles. The summed E-state index contributed by atoms with van der Waals surface area (Å²) in [6, 6.07) is 14.7. The van der Waals surface area contributed by atoms with Crippen molar-refractivity contribution in [2.75, 3.05) is 50.1 Å². The van der Waals surface area contributed by atoms with E-state index in [-0.39, 0.29) is 0 Å². The fourth-order valence-electron chi connectivity index (χ4n) is 4.13. The molecule has 0 radical (unpaired) electrons. The van der Waals surface area contributed by atoms with Gasteiger partial charge in [-0.05, 0) is 42.3 Å². The highest BCUT2D eigenvalue weighted by Crippen LogP contribution is 2.33. The quantitative estimate of drug-likeness (QED) is 0.408. The van der Waals surface area contributed by atoms with E-state index in [1.54, 1.807) is 7.11 Å². The van der Waals surface area contributed by atoms with E-state index in [2.05, 4.69) is 61.8 Å². The first-order valence-electron chi connectivity index (χ1n) is 10.7. The molecule has 4 rings (SSSR count). The standard InChI is InChI=1S/C24H30ClN5O/c1-26-24(27-16-18-6-5-7-21(14-18)29-11-3-4-12-29)28-20-10-13-30(17-20)22-15-19(25)8-9-23(22)31-2/h3-9,14-15,20H,10-13,16-17H2,1-2H3,(H2,26,27,28). The third kappa shape index (κ3) is 5.25. The Labute approximate surface area is 189 Å². The number of hydrogen-bond donors (Lipinski definition) is 2. The van der Waals surface area contributed by atoms with E-state index in [4.69, 9.17) is 16.3 Å². The topological polar surface area (TPSA) is 52.1 Å². The minimum atomic E-state index is 0.303. The second-order valence-corrected chi connectivity index (χ2v) is 8.30. The van der Waals surface area contributed by atoms with Crippen LogP contribution in [0.3, 0.4) is 0 Å². The number of methoxy groups -OCH3 is 1. The molecule has 2 N–H and O–H groups in total. The lowest BCUT2D eigenvalue weighted by atomic mass is 10.2. The van der Waals surface area contributed by atoms with Gasteiger partial charge in [-0.3, -0.25) is 4.99 Å². The van der Waals surface area contributed by atoms with Crippen molar-refractivity contribution in [3.05, 3.63) is 65.2 Å². The molecule has 1 fully saturated rings. The van der Waals surface area contributed by atoms with Crippen LogP contribution in [0.2, 0.25) is 5.02 Å². The van der Waals surface area contributed by atoms with E-state index >= 15 is 0 Å². The predicted octanol–water partition coefficient (Wildman–Crippen LogP) is 3.67. The minimum absolute atomic E-state index is 0.303. The number of benzene rings is 2. The van der Waals surface area contributed by atoms with Crippen LogP contribution in [0.4, 0.5) is 11.4 Å². The largest absolute Gasteiger partial charge is 0.495 e. The molecule has 0 aromatic heterocycles. The van der Waals surface area contributed by atoms with Crippen LogP contribution in [0.15, 0.2) is 59.6 Å². The monoisotopic (exact) mass is 439 g/mol. The lowest BCUT2D eigenvalue weighted by molar-refractivity contribution is 0.415. The maximum atomic E-state index is 6.21. The van der Waals surface area contributed by atoms with Crippen molar-refractivity contribution >= 4 is 28.9 Å². The Morgan fingerprint density at radius 3 is 2.77 bits per heavy atom. The molecule has 31 heavy (non-hydrogen) atoms. The SMILES string of the molecule is CN=C(NCc1cccc(N2CC=CC2)c1)NC1CCN(c2cc(Cl)ccc2OC)C1. The molecule has 0 amide bonds. The normalized spacial score (nSPS) is 18.5. The summed E-state index contributed by atoms with van der Waals surface area (Å²) in [5.41, 5.74) is 3.54. The number of nitrogens with zero attached hydrogens (tertiary/aromatic N) is 3. The number of rotatable bonds is 6. The first-order chi connectivity index (χ1) is 15.2.